The molecule has 2 amide bonds. The van der Waals surface area contributed by atoms with Gasteiger partial charge in [-0.2, -0.15) is 0 Å². The summed E-state index contributed by atoms with van der Waals surface area (Å²) < 4.78 is 0. The number of hydrogen-bond acceptors (Lipinski definition) is 4. The molecule has 2 saturated heterocycles. The van der Waals surface area contributed by atoms with Gasteiger partial charge in [-0.3, -0.25) is 14.4 Å². The van der Waals surface area contributed by atoms with Crippen molar-refractivity contribution in [2.24, 2.45) is 5.92 Å². The third kappa shape index (κ3) is 3.50. The zero-order valence-electron chi connectivity index (χ0n) is 20.6. The Morgan fingerprint density at radius 3 is 2.11 bits per heavy atom. The van der Waals surface area contributed by atoms with Gasteiger partial charge in [0.2, 0.25) is 5.91 Å². The fourth-order valence-corrected chi connectivity index (χ4v) is 5.37. The molecular weight excluding hydrogens is 448 g/mol. The lowest BCUT2D eigenvalue weighted by molar-refractivity contribution is -0.126. The topological polar surface area (TPSA) is 49.9 Å². The van der Waals surface area contributed by atoms with E-state index in [9.17, 15) is 9.59 Å². The molecule has 0 aromatic heterocycles. The third-order valence-corrected chi connectivity index (χ3v) is 7.25. The van der Waals surface area contributed by atoms with E-state index in [1.54, 1.807) is 5.06 Å². The second-order valence-corrected chi connectivity index (χ2v) is 10.5. The zero-order chi connectivity index (χ0) is 25.0. The van der Waals surface area contributed by atoms with Gasteiger partial charge < -0.3 is 0 Å². The van der Waals surface area contributed by atoms with Crippen molar-refractivity contribution in [2.45, 2.75) is 38.3 Å². The molecule has 2 aliphatic heterocycles. The maximum Gasteiger partial charge on any atom is 0.266 e. The Hall–Kier alpha value is -3.96. The minimum absolute atomic E-state index is 0.0106. The van der Waals surface area contributed by atoms with Gasteiger partial charge in [0.25, 0.3) is 5.91 Å². The molecule has 0 bridgehead atoms. The molecule has 0 spiro atoms. The lowest BCUT2D eigenvalue weighted by Gasteiger charge is -2.29. The predicted octanol–water partition coefficient (Wildman–Crippen LogP) is 6.19. The summed E-state index contributed by atoms with van der Waals surface area (Å²) in [5.74, 6) is -1.21. The van der Waals surface area contributed by atoms with Crippen LogP contribution in [0.3, 0.4) is 0 Å². The minimum Gasteiger partial charge on any atom is -0.273 e. The number of anilines is 2. The number of fused-ring (bicyclic) bond motifs is 2. The Bertz CT molecular complexity index is 1450. The van der Waals surface area contributed by atoms with Crippen LogP contribution in [0.2, 0.25) is 0 Å². The highest BCUT2D eigenvalue weighted by Crippen LogP contribution is 2.48. The van der Waals surface area contributed by atoms with E-state index in [4.69, 9.17) is 4.84 Å². The number of hydrogen-bond donors (Lipinski definition) is 0. The molecule has 6 rings (SSSR count). The van der Waals surface area contributed by atoms with E-state index < -0.39 is 18.1 Å². The Morgan fingerprint density at radius 2 is 1.39 bits per heavy atom. The zero-order valence-corrected chi connectivity index (χ0v) is 20.6. The molecule has 5 heteroatoms. The van der Waals surface area contributed by atoms with Crippen LogP contribution in [0.15, 0.2) is 97.1 Å². The Labute approximate surface area is 210 Å². The van der Waals surface area contributed by atoms with Gasteiger partial charge in [-0.25, -0.2) is 9.96 Å². The van der Waals surface area contributed by atoms with E-state index in [1.807, 2.05) is 72.8 Å². The van der Waals surface area contributed by atoms with Gasteiger partial charge in [0.1, 0.15) is 5.92 Å². The summed E-state index contributed by atoms with van der Waals surface area (Å²) in [6, 6.07) is 31.1. The van der Waals surface area contributed by atoms with Gasteiger partial charge in [-0.05, 0) is 40.1 Å². The highest BCUT2D eigenvalue weighted by Gasteiger charge is 2.60. The molecule has 5 nitrogen and oxygen atoms in total. The van der Waals surface area contributed by atoms with Crippen LogP contribution in [0.25, 0.3) is 10.8 Å². The van der Waals surface area contributed by atoms with Crippen LogP contribution in [-0.4, -0.2) is 17.9 Å². The number of rotatable bonds is 3. The molecule has 0 N–H and O–H groups in total. The molecule has 4 aromatic carbocycles. The Balaban J connectivity index is 1.45. The number of hydroxylamine groups is 1. The Morgan fingerprint density at radius 1 is 0.722 bits per heavy atom. The molecule has 4 aromatic rings. The molecule has 180 valence electrons. The number of para-hydroxylation sites is 1. The van der Waals surface area contributed by atoms with Gasteiger partial charge in [0.15, 0.2) is 6.10 Å². The number of imide groups is 1. The summed E-state index contributed by atoms with van der Waals surface area (Å²) in [4.78, 5) is 35.4. The van der Waals surface area contributed by atoms with Crippen molar-refractivity contribution < 1.29 is 14.4 Å². The third-order valence-electron chi connectivity index (χ3n) is 7.25. The first-order valence-corrected chi connectivity index (χ1v) is 12.3. The largest absolute Gasteiger partial charge is 0.273 e. The second kappa shape index (κ2) is 8.32. The number of carbonyl (C=O) groups excluding carboxylic acids is 2. The summed E-state index contributed by atoms with van der Waals surface area (Å²) in [6.07, 6.45) is -0.885. The molecule has 36 heavy (non-hydrogen) atoms. The summed E-state index contributed by atoms with van der Waals surface area (Å²) in [7, 11) is 0. The van der Waals surface area contributed by atoms with Gasteiger partial charge in [-0.1, -0.05) is 99.6 Å². The minimum atomic E-state index is -0.885. The van der Waals surface area contributed by atoms with E-state index in [1.165, 1.54) is 10.5 Å². The molecule has 0 unspecified atom stereocenters. The molecule has 2 aliphatic rings. The molecular formula is C31H28N2O3. The predicted molar refractivity (Wildman–Crippen MR) is 142 cm³/mol. The standard InChI is InChI=1S/C31H28N2O3/c1-31(2,3)22-18-16-21(17-19-22)27-26-28(36-33(27)23-12-5-4-6-13-23)30(35)32(29(26)34)25-15-9-11-20-10-7-8-14-24(20)25/h4-19,26-28H,1-3H3/t26-,27+,28+/m1/s1. The average Bonchev–Trinajstić information content (AvgIpc) is 3.39. The molecule has 2 fully saturated rings. The van der Waals surface area contributed by atoms with E-state index in [0.717, 1.165) is 22.0 Å². The highest BCUT2D eigenvalue weighted by atomic mass is 16.7. The lowest BCUT2D eigenvalue weighted by Crippen LogP contribution is -2.37. The van der Waals surface area contributed by atoms with Crippen molar-refractivity contribution in [2.75, 3.05) is 9.96 Å². The maximum atomic E-state index is 14.0. The molecule has 3 atom stereocenters. The van der Waals surface area contributed by atoms with Crippen molar-refractivity contribution in [1.82, 2.24) is 0 Å². The van der Waals surface area contributed by atoms with Crippen LogP contribution < -0.4 is 9.96 Å². The monoisotopic (exact) mass is 476 g/mol. The van der Waals surface area contributed by atoms with E-state index in [-0.39, 0.29) is 17.2 Å². The fourth-order valence-electron chi connectivity index (χ4n) is 5.37. The van der Waals surface area contributed by atoms with Crippen LogP contribution >= 0.6 is 0 Å². The SMILES string of the molecule is CC(C)(C)c1ccc([C@H]2[C@H]3C(=O)N(c4cccc5ccccc45)C(=O)[C@H]3ON2c2ccccc2)cc1. The molecule has 0 radical (unpaired) electrons. The summed E-state index contributed by atoms with van der Waals surface area (Å²) in [6.45, 7) is 6.52. The van der Waals surface area contributed by atoms with Crippen molar-refractivity contribution in [3.8, 4) is 0 Å². The Kier molecular flexibility index (Phi) is 5.20. The average molecular weight is 477 g/mol. The maximum absolute atomic E-state index is 14.0. The van der Waals surface area contributed by atoms with E-state index in [0.29, 0.717) is 5.69 Å². The van der Waals surface area contributed by atoms with Crippen molar-refractivity contribution >= 4 is 34.0 Å². The van der Waals surface area contributed by atoms with E-state index >= 15 is 0 Å². The van der Waals surface area contributed by atoms with Crippen molar-refractivity contribution in [1.29, 1.82) is 0 Å². The van der Waals surface area contributed by atoms with Crippen molar-refractivity contribution in [3.63, 3.8) is 0 Å². The number of carbonyl (C=O) groups is 2. The van der Waals surface area contributed by atoms with Gasteiger partial charge in [0, 0.05) is 5.39 Å². The van der Waals surface area contributed by atoms with Gasteiger partial charge in [-0.15, -0.1) is 0 Å². The molecule has 0 saturated carbocycles. The van der Waals surface area contributed by atoms with Gasteiger partial charge in [0.05, 0.1) is 17.4 Å². The summed E-state index contributed by atoms with van der Waals surface area (Å²) in [5, 5.41) is 3.60. The van der Waals surface area contributed by atoms with Crippen LogP contribution in [0, 0.1) is 5.92 Å². The fraction of sp³-hybridized carbons (Fsp3) is 0.226. The first-order valence-electron chi connectivity index (χ1n) is 12.3. The quantitative estimate of drug-likeness (QED) is 0.331. The number of nitrogens with zero attached hydrogens (tertiary/aromatic N) is 2. The van der Waals surface area contributed by atoms with Gasteiger partial charge >= 0.3 is 0 Å². The van der Waals surface area contributed by atoms with Crippen molar-refractivity contribution in [3.05, 3.63) is 108 Å². The first-order chi connectivity index (χ1) is 17.3. The van der Waals surface area contributed by atoms with Crippen LogP contribution in [0.1, 0.15) is 37.9 Å². The summed E-state index contributed by atoms with van der Waals surface area (Å²) in [5.41, 5.74) is 3.58. The number of benzene rings is 4. The smallest absolute Gasteiger partial charge is 0.266 e. The van der Waals surface area contributed by atoms with Crippen LogP contribution in [0.5, 0.6) is 0 Å². The molecule has 2 heterocycles. The van der Waals surface area contributed by atoms with E-state index in [2.05, 4.69) is 45.0 Å². The second-order valence-electron chi connectivity index (χ2n) is 10.5. The number of amides is 2. The van der Waals surface area contributed by atoms with Crippen LogP contribution in [0.4, 0.5) is 11.4 Å². The first kappa shape index (κ1) is 22.5. The molecule has 0 aliphatic carbocycles. The lowest BCUT2D eigenvalue weighted by atomic mass is 9.84. The van der Waals surface area contributed by atoms with Crippen LogP contribution in [-0.2, 0) is 19.8 Å². The normalized spacial score (nSPS) is 21.9. The highest BCUT2D eigenvalue weighted by molar-refractivity contribution is 6.26. The summed E-state index contributed by atoms with van der Waals surface area (Å²) >= 11 is 0.